The first-order chi connectivity index (χ1) is 24.4. The van der Waals surface area contributed by atoms with E-state index >= 15 is 0 Å². The second kappa shape index (κ2) is 12.2. The number of hydrogen-bond acceptors (Lipinski definition) is 7. The molecule has 3 aromatic carbocycles. The summed E-state index contributed by atoms with van der Waals surface area (Å²) in [5, 5.41) is 3.03. The van der Waals surface area contributed by atoms with E-state index in [1.807, 2.05) is 41.3 Å². The Labute approximate surface area is 293 Å². The van der Waals surface area contributed by atoms with Crippen molar-refractivity contribution in [2.75, 3.05) is 48.0 Å². The molecule has 0 atom stereocenters. The zero-order valence-electron chi connectivity index (χ0n) is 27.7. The van der Waals surface area contributed by atoms with E-state index in [0.29, 0.717) is 29.2 Å². The highest BCUT2D eigenvalue weighted by molar-refractivity contribution is 7.19. The number of anilines is 3. The highest BCUT2D eigenvalue weighted by Crippen LogP contribution is 2.45. The lowest BCUT2D eigenvalue weighted by atomic mass is 9.73. The van der Waals surface area contributed by atoms with Crippen molar-refractivity contribution < 1.29 is 14.3 Å². The average Bonchev–Trinajstić information content (AvgIpc) is 3.74. The van der Waals surface area contributed by atoms with Gasteiger partial charge in [0.15, 0.2) is 0 Å². The molecule has 50 heavy (non-hydrogen) atoms. The van der Waals surface area contributed by atoms with Crippen LogP contribution in [0.2, 0.25) is 0 Å². The number of hydrogen-bond donors (Lipinski definition) is 2. The minimum Gasteiger partial charge on any atom is -0.381 e. The van der Waals surface area contributed by atoms with E-state index in [2.05, 4.69) is 45.3 Å². The Hall–Kier alpha value is -5.32. The van der Waals surface area contributed by atoms with Gasteiger partial charge in [-0.1, -0.05) is 30.3 Å². The minimum absolute atomic E-state index is 0.0761. The van der Waals surface area contributed by atoms with Gasteiger partial charge >= 0.3 is 0 Å². The third-order valence-electron chi connectivity index (χ3n) is 10.4. The van der Waals surface area contributed by atoms with Crippen molar-refractivity contribution in [3.05, 3.63) is 113 Å². The summed E-state index contributed by atoms with van der Waals surface area (Å²) >= 11 is 1.71. The van der Waals surface area contributed by atoms with Crippen molar-refractivity contribution in [3.63, 3.8) is 0 Å². The lowest BCUT2D eigenvalue weighted by Gasteiger charge is -2.53. The van der Waals surface area contributed by atoms with Crippen molar-refractivity contribution in [2.45, 2.75) is 26.2 Å². The van der Waals surface area contributed by atoms with Gasteiger partial charge in [-0.2, -0.15) is 0 Å². The van der Waals surface area contributed by atoms with Crippen LogP contribution in [-0.2, 0) is 11.2 Å². The molecule has 3 aliphatic heterocycles. The first-order valence-corrected chi connectivity index (χ1v) is 18.0. The maximum Gasteiger partial charge on any atom is 0.259 e. The number of aromatic amines is 1. The molecule has 6 heterocycles. The van der Waals surface area contributed by atoms with Gasteiger partial charge < -0.3 is 24.8 Å². The summed E-state index contributed by atoms with van der Waals surface area (Å²) in [5.74, 6) is 1.29. The first kappa shape index (κ1) is 30.7. The normalized spacial score (nSPS) is 16.4. The summed E-state index contributed by atoms with van der Waals surface area (Å²) in [5.41, 5.74) is 8.32. The number of rotatable bonds is 5. The Balaban J connectivity index is 0.922. The molecule has 0 unspecified atom stereocenters. The molecule has 0 radical (unpaired) electrons. The minimum atomic E-state index is -0.218. The molecule has 0 saturated carbocycles. The number of imidazole rings is 1. The third kappa shape index (κ3) is 5.35. The number of fused-ring (bicyclic) bond motifs is 4. The molecule has 2 saturated heterocycles. The maximum atomic E-state index is 14.1. The summed E-state index contributed by atoms with van der Waals surface area (Å²) in [6.45, 7) is 6.01. The van der Waals surface area contributed by atoms with Gasteiger partial charge in [0, 0.05) is 66.2 Å². The molecule has 9 rings (SSSR count). The van der Waals surface area contributed by atoms with Crippen molar-refractivity contribution in [2.24, 2.45) is 5.41 Å². The van der Waals surface area contributed by atoms with Crippen LogP contribution < -0.4 is 15.1 Å². The van der Waals surface area contributed by atoms with Gasteiger partial charge in [-0.15, -0.1) is 11.3 Å². The van der Waals surface area contributed by atoms with Crippen LogP contribution >= 0.6 is 11.3 Å². The van der Waals surface area contributed by atoms with E-state index in [1.54, 1.807) is 47.9 Å². The number of para-hydroxylation sites is 2. The van der Waals surface area contributed by atoms with Crippen LogP contribution in [-0.4, -0.2) is 59.6 Å². The Morgan fingerprint density at radius 1 is 0.960 bits per heavy atom. The fourth-order valence-corrected chi connectivity index (χ4v) is 8.81. The molecule has 6 aromatic rings. The van der Waals surface area contributed by atoms with Crippen molar-refractivity contribution in [3.8, 4) is 21.1 Å². The van der Waals surface area contributed by atoms with Crippen molar-refractivity contribution >= 4 is 51.4 Å². The van der Waals surface area contributed by atoms with E-state index in [0.717, 1.165) is 83.4 Å². The van der Waals surface area contributed by atoms with E-state index in [1.165, 1.54) is 11.1 Å². The molecule has 2 fully saturated rings. The van der Waals surface area contributed by atoms with E-state index < -0.39 is 0 Å². The number of benzene rings is 3. The van der Waals surface area contributed by atoms with Gasteiger partial charge in [0.2, 0.25) is 0 Å². The summed E-state index contributed by atoms with van der Waals surface area (Å²) in [4.78, 5) is 46.8. The number of carbonyl (C=O) groups excluding carboxylic acids is 2. The van der Waals surface area contributed by atoms with Crippen LogP contribution in [0, 0.1) is 12.3 Å². The van der Waals surface area contributed by atoms with Crippen molar-refractivity contribution in [1.29, 1.82) is 0 Å². The molecule has 2 amide bonds. The summed E-state index contributed by atoms with van der Waals surface area (Å²) in [7, 11) is 0. The molecular weight excluding hydrogens is 645 g/mol. The molecular formula is C40H36N6O3S. The maximum absolute atomic E-state index is 14.1. The van der Waals surface area contributed by atoms with Crippen LogP contribution in [0.25, 0.3) is 32.2 Å². The molecule has 1 spiro atoms. The largest absolute Gasteiger partial charge is 0.381 e. The fourth-order valence-electron chi connectivity index (χ4n) is 7.63. The van der Waals surface area contributed by atoms with E-state index in [-0.39, 0.29) is 17.2 Å². The first-order valence-electron chi connectivity index (χ1n) is 17.1. The van der Waals surface area contributed by atoms with Crippen LogP contribution in [0.15, 0.2) is 91.1 Å². The zero-order valence-corrected chi connectivity index (χ0v) is 28.6. The van der Waals surface area contributed by atoms with E-state index in [4.69, 9.17) is 9.72 Å². The van der Waals surface area contributed by atoms with Gasteiger partial charge in [-0.25, -0.2) is 9.97 Å². The second-order valence-corrected chi connectivity index (χ2v) is 14.7. The van der Waals surface area contributed by atoms with Crippen LogP contribution in [0.3, 0.4) is 0 Å². The molecule has 9 nitrogen and oxygen atoms in total. The number of H-pyrrole nitrogens is 1. The lowest BCUT2D eigenvalue weighted by molar-refractivity contribution is -0.000509. The number of ether oxygens (including phenoxy) is 1. The fraction of sp³-hybridized carbons (Fsp3) is 0.250. The zero-order chi connectivity index (χ0) is 33.8. The van der Waals surface area contributed by atoms with Gasteiger partial charge in [-0.05, 0) is 91.9 Å². The highest BCUT2D eigenvalue weighted by Gasteiger charge is 2.45. The number of nitrogens with one attached hydrogen (secondary N) is 2. The van der Waals surface area contributed by atoms with Gasteiger partial charge in [0.1, 0.15) is 11.6 Å². The predicted octanol–water partition coefficient (Wildman–Crippen LogP) is 7.73. The van der Waals surface area contributed by atoms with Crippen LogP contribution in [0.4, 0.5) is 17.2 Å². The van der Waals surface area contributed by atoms with Crippen LogP contribution in [0.1, 0.15) is 44.7 Å². The Morgan fingerprint density at radius 2 is 1.78 bits per heavy atom. The SMILES string of the molecule is Cc1cccc2nc(-c3cc4c(s3)-c3ccccc3N(C(=O)c3ccc(NC(=O)c5cccnc5N5CC6(CCOCC6)C5)cc3)CC4)[nH]c12. The topological polar surface area (TPSA) is 103 Å². The number of aryl methyl sites for hydroxylation is 1. The molecule has 10 heteroatoms. The average molecular weight is 681 g/mol. The molecule has 0 aliphatic carbocycles. The number of nitrogens with zero attached hydrogens (tertiary/aromatic N) is 4. The summed E-state index contributed by atoms with van der Waals surface area (Å²) in [6.07, 6.45) is 4.55. The van der Waals surface area contributed by atoms with Crippen LogP contribution in [0.5, 0.6) is 0 Å². The number of carbonyl (C=O) groups is 2. The molecule has 0 bridgehead atoms. The standard InChI is InChI=1S/C40H36N6O3S/c1-25-6-4-9-31-34(25)44-36(43-31)33-22-27-15-19-46(32-10-3-2-7-29(32)35(27)50-33)39(48)26-11-13-28(14-12-26)42-38(47)30-8-5-18-41-37(30)45-23-40(24-45)16-20-49-21-17-40/h2-14,18,22H,15-17,19-21,23-24H2,1H3,(H,42,47)(H,43,44). The summed E-state index contributed by atoms with van der Waals surface area (Å²) in [6, 6.07) is 27.3. The van der Waals surface area contributed by atoms with Crippen molar-refractivity contribution in [1.82, 2.24) is 15.0 Å². The quantitative estimate of drug-likeness (QED) is 0.193. The van der Waals surface area contributed by atoms with Gasteiger partial charge in [0.25, 0.3) is 11.8 Å². The molecule has 3 aliphatic rings. The molecule has 3 aromatic heterocycles. The van der Waals surface area contributed by atoms with Gasteiger partial charge in [0.05, 0.1) is 27.2 Å². The number of pyridine rings is 1. The summed E-state index contributed by atoms with van der Waals surface area (Å²) < 4.78 is 5.56. The third-order valence-corrected chi connectivity index (χ3v) is 11.6. The molecule has 2 N–H and O–H groups in total. The number of thiophene rings is 1. The van der Waals surface area contributed by atoms with E-state index in [9.17, 15) is 9.59 Å². The smallest absolute Gasteiger partial charge is 0.259 e. The lowest BCUT2D eigenvalue weighted by Crippen LogP contribution is -2.59. The second-order valence-electron chi connectivity index (χ2n) is 13.6. The molecule has 250 valence electrons. The van der Waals surface area contributed by atoms with Gasteiger partial charge in [-0.3, -0.25) is 9.59 Å². The monoisotopic (exact) mass is 680 g/mol. The highest BCUT2D eigenvalue weighted by atomic mass is 32.1. The number of aromatic nitrogens is 3. The Kier molecular flexibility index (Phi) is 7.51. The Bertz CT molecular complexity index is 2260. The number of amides is 2. The Morgan fingerprint density at radius 3 is 2.60 bits per heavy atom. The predicted molar refractivity (Wildman–Crippen MR) is 198 cm³/mol.